The molecule has 4 unspecified atom stereocenters. The van der Waals surface area contributed by atoms with Gasteiger partial charge in [0.05, 0.1) is 17.1 Å². The van der Waals surface area contributed by atoms with Gasteiger partial charge in [-0.05, 0) is 71.6 Å². The Morgan fingerprint density at radius 3 is 2.29 bits per heavy atom. The number of H-pyrrole nitrogens is 1. The molecule has 52 heavy (non-hydrogen) atoms. The van der Waals surface area contributed by atoms with Gasteiger partial charge in [0, 0.05) is 63.1 Å². The molecule has 0 radical (unpaired) electrons. The van der Waals surface area contributed by atoms with Gasteiger partial charge in [-0.15, -0.1) is 0 Å². The normalized spacial score (nSPS) is 24.5. The van der Waals surface area contributed by atoms with Crippen molar-refractivity contribution in [2.75, 3.05) is 13.1 Å². The Morgan fingerprint density at radius 2 is 1.44 bits per heavy atom. The summed E-state index contributed by atoms with van der Waals surface area (Å²) in [6.45, 7) is 9.08. The Hall–Kier alpha value is -5.32. The van der Waals surface area contributed by atoms with E-state index in [1.54, 1.807) is 0 Å². The summed E-state index contributed by atoms with van der Waals surface area (Å²) in [5.74, 6) is 0.560. The molecule has 3 aliphatic heterocycles. The topological polar surface area (TPSA) is 43.8 Å². The minimum atomic E-state index is 0.243. The lowest BCUT2D eigenvalue weighted by Gasteiger charge is -2.36. The number of aliphatic imine (C=N–C) groups is 1. The number of nitrogens with one attached hydrogen (secondary N) is 1. The number of rotatable bonds is 0. The maximum Gasteiger partial charge on any atom is 0.139 e. The number of fused-ring (bicyclic) bond motifs is 15. The molecular weight excluding hydrogens is 633 g/mol. The fourth-order valence-corrected chi connectivity index (χ4v) is 10.5. The lowest BCUT2D eigenvalue weighted by atomic mass is 9.89. The highest BCUT2D eigenvalue weighted by Crippen LogP contribution is 2.48. The second-order valence-electron chi connectivity index (χ2n) is 15.8. The van der Waals surface area contributed by atoms with Crippen LogP contribution in [0.2, 0.25) is 0 Å². The van der Waals surface area contributed by atoms with Gasteiger partial charge in [0.1, 0.15) is 5.49 Å². The van der Waals surface area contributed by atoms with Crippen molar-refractivity contribution in [3.8, 4) is 0 Å². The van der Waals surface area contributed by atoms with Crippen LogP contribution in [-0.2, 0) is 0 Å². The standard InChI is InChI=1S/C48H42N4/c1-27-20-21-41-32-13-5-11-19-38(32)48(49-41)51-47-37-18-10-7-15-34(37)44-28(2)24-30-25-42-29(3)45(35-16-8-4-12-31(30)35)50-46-36-17-9-6-14-33(36)43(27)39(46)22-23-52(42)26-40(44)47/h4-19,21,27,29,42H,20,22-26H2,1-3H3,(H,49,51). The van der Waals surface area contributed by atoms with Gasteiger partial charge < -0.3 is 4.98 Å². The van der Waals surface area contributed by atoms with E-state index in [9.17, 15) is 0 Å². The second kappa shape index (κ2) is 11.3. The maximum atomic E-state index is 5.89. The summed E-state index contributed by atoms with van der Waals surface area (Å²) in [6, 6.07) is 36.4. The van der Waals surface area contributed by atoms with Gasteiger partial charge in [-0.1, -0.05) is 128 Å². The number of hydrogen-bond acceptors (Lipinski definition) is 3. The zero-order valence-electron chi connectivity index (χ0n) is 30.1. The molecule has 254 valence electrons. The Balaban J connectivity index is 1.32. The zero-order chi connectivity index (χ0) is 34.7. The molecule has 3 aliphatic carbocycles. The van der Waals surface area contributed by atoms with Crippen LogP contribution in [0, 0.1) is 11.8 Å². The van der Waals surface area contributed by atoms with Gasteiger partial charge in [-0.2, -0.15) is 0 Å². The molecule has 5 aromatic rings. The van der Waals surface area contributed by atoms with Crippen molar-refractivity contribution in [2.45, 2.75) is 52.5 Å². The lowest BCUT2D eigenvalue weighted by molar-refractivity contribution is 0.189. The van der Waals surface area contributed by atoms with Crippen LogP contribution >= 0.6 is 0 Å². The van der Waals surface area contributed by atoms with Gasteiger partial charge in [-0.3, -0.25) is 9.89 Å². The third kappa shape index (κ3) is 4.31. The molecule has 0 fully saturated rings. The van der Waals surface area contributed by atoms with E-state index in [-0.39, 0.29) is 5.92 Å². The smallest absolute Gasteiger partial charge is 0.139 e. The average Bonchev–Trinajstić information content (AvgIpc) is 3.78. The first kappa shape index (κ1) is 30.3. The minimum absolute atomic E-state index is 0.243. The van der Waals surface area contributed by atoms with Gasteiger partial charge in [0.2, 0.25) is 0 Å². The number of allylic oxidation sites excluding steroid dienone is 2. The minimum Gasteiger partial charge on any atom is -0.339 e. The van der Waals surface area contributed by atoms with Crippen molar-refractivity contribution in [3.63, 3.8) is 0 Å². The number of benzene rings is 4. The van der Waals surface area contributed by atoms with Crippen LogP contribution in [0.25, 0.3) is 45.0 Å². The molecule has 4 aromatic carbocycles. The lowest BCUT2D eigenvalue weighted by Crippen LogP contribution is -2.42. The van der Waals surface area contributed by atoms with Crippen LogP contribution < -0.4 is 21.3 Å². The van der Waals surface area contributed by atoms with E-state index in [1.807, 2.05) is 0 Å². The summed E-state index contributed by atoms with van der Waals surface area (Å²) in [5.41, 5.74) is 18.4. The quantitative estimate of drug-likeness (QED) is 0.181. The largest absolute Gasteiger partial charge is 0.339 e. The molecule has 0 spiro atoms. The Labute approximate surface area is 304 Å². The van der Waals surface area contributed by atoms with Crippen molar-refractivity contribution in [3.05, 3.63) is 157 Å². The first-order valence-electron chi connectivity index (χ1n) is 19.2. The fraction of sp³-hybridized carbons (Fsp3) is 0.250. The molecule has 4 heterocycles. The molecule has 11 rings (SSSR count). The molecule has 1 aromatic heterocycles. The summed E-state index contributed by atoms with van der Waals surface area (Å²) >= 11 is 0. The highest BCUT2D eigenvalue weighted by Gasteiger charge is 2.39. The van der Waals surface area contributed by atoms with Crippen LogP contribution in [0.15, 0.2) is 124 Å². The summed E-state index contributed by atoms with van der Waals surface area (Å²) in [5, 5.41) is 6.26. The van der Waals surface area contributed by atoms with E-state index in [4.69, 9.17) is 9.98 Å². The van der Waals surface area contributed by atoms with E-state index < -0.39 is 0 Å². The molecule has 4 nitrogen and oxygen atoms in total. The summed E-state index contributed by atoms with van der Waals surface area (Å²) in [6.07, 6.45) is 6.30. The van der Waals surface area contributed by atoms with Crippen LogP contribution in [0.4, 0.5) is 0 Å². The number of nitrogens with zero attached hydrogens (tertiary/aromatic N) is 3. The molecule has 6 aliphatic rings. The third-order valence-corrected chi connectivity index (χ3v) is 12.9. The summed E-state index contributed by atoms with van der Waals surface area (Å²) in [7, 11) is 0. The summed E-state index contributed by atoms with van der Waals surface area (Å²) < 4.78 is 0. The zero-order valence-corrected chi connectivity index (χ0v) is 30.1. The van der Waals surface area contributed by atoms with Gasteiger partial charge in [0.25, 0.3) is 0 Å². The molecule has 0 saturated heterocycles. The van der Waals surface area contributed by atoms with E-state index >= 15 is 0 Å². The predicted molar refractivity (Wildman–Crippen MR) is 214 cm³/mol. The molecule has 0 amide bonds. The Bertz CT molecular complexity index is 2800. The predicted octanol–water partition coefficient (Wildman–Crippen LogP) is 7.54. The van der Waals surface area contributed by atoms with Crippen molar-refractivity contribution >= 4 is 50.7 Å². The van der Waals surface area contributed by atoms with E-state index in [1.165, 1.54) is 88.3 Å². The molecule has 8 bridgehead atoms. The van der Waals surface area contributed by atoms with Crippen LogP contribution in [0.3, 0.4) is 0 Å². The molecule has 0 saturated carbocycles. The molecule has 4 atom stereocenters. The van der Waals surface area contributed by atoms with Crippen LogP contribution in [0.1, 0.15) is 68.7 Å². The van der Waals surface area contributed by atoms with Gasteiger partial charge >= 0.3 is 0 Å². The SMILES string of the molecule is CC1=C2C3=C(N=c4[nH]c(c5ccccc45)=CCC(C)C4=C5CCN(C3)C3CC(=c6ccccc6=C(N=C5c5ccccc54)C3C)C1)c1ccccc12. The molecule has 4 heteroatoms. The Kier molecular flexibility index (Phi) is 6.61. The number of hydrogen-bond donors (Lipinski definition) is 1. The third-order valence-electron chi connectivity index (χ3n) is 12.9. The molecule has 1 N–H and O–H groups in total. The fourth-order valence-electron chi connectivity index (χ4n) is 10.5. The van der Waals surface area contributed by atoms with Gasteiger partial charge in [0.15, 0.2) is 0 Å². The van der Waals surface area contributed by atoms with E-state index in [0.29, 0.717) is 12.0 Å². The average molecular weight is 675 g/mol. The Morgan fingerprint density at radius 1 is 0.731 bits per heavy atom. The number of aromatic nitrogens is 1. The first-order valence-corrected chi connectivity index (χ1v) is 19.2. The highest BCUT2D eigenvalue weighted by molar-refractivity contribution is 6.24. The van der Waals surface area contributed by atoms with E-state index in [2.05, 4.69) is 134 Å². The van der Waals surface area contributed by atoms with Crippen molar-refractivity contribution in [2.24, 2.45) is 21.8 Å². The monoisotopic (exact) mass is 674 g/mol. The van der Waals surface area contributed by atoms with Crippen molar-refractivity contribution in [1.29, 1.82) is 0 Å². The van der Waals surface area contributed by atoms with Crippen molar-refractivity contribution in [1.82, 2.24) is 9.88 Å². The van der Waals surface area contributed by atoms with Crippen molar-refractivity contribution < 1.29 is 0 Å². The first-order chi connectivity index (χ1) is 25.5. The molecular formula is C48H42N4. The van der Waals surface area contributed by atoms with Crippen LogP contribution in [-0.4, -0.2) is 34.7 Å². The maximum absolute atomic E-state index is 5.89. The highest BCUT2D eigenvalue weighted by atomic mass is 15.2. The summed E-state index contributed by atoms with van der Waals surface area (Å²) in [4.78, 5) is 18.2. The van der Waals surface area contributed by atoms with E-state index in [0.717, 1.165) is 55.3 Å². The number of aromatic amines is 1. The van der Waals surface area contributed by atoms with Gasteiger partial charge in [-0.25, -0.2) is 4.99 Å². The second-order valence-corrected chi connectivity index (χ2v) is 15.8. The van der Waals surface area contributed by atoms with Crippen LogP contribution in [0.5, 0.6) is 0 Å².